The van der Waals surface area contributed by atoms with Crippen molar-refractivity contribution >= 4 is 27.9 Å². The molecule has 1 saturated heterocycles. The minimum Gasteiger partial charge on any atom is -0.453 e. The van der Waals surface area contributed by atoms with E-state index in [1.165, 1.54) is 7.11 Å². The van der Waals surface area contributed by atoms with Gasteiger partial charge in [0.25, 0.3) is 0 Å². The molecule has 0 radical (unpaired) electrons. The number of carbonyl (C=O) groups is 2. The molecule has 0 spiro atoms. The Labute approximate surface area is 172 Å². The number of carbonyl (C=O) groups excluding carboxylic acids is 2. The van der Waals surface area contributed by atoms with Crippen molar-refractivity contribution in [2.24, 2.45) is 5.92 Å². The topological polar surface area (TPSA) is 100 Å². The highest BCUT2D eigenvalue weighted by atomic mass is 79.9. The molecule has 28 heavy (non-hydrogen) atoms. The number of aromatic amines is 1. The number of hydrogen-bond acceptors (Lipinski definition) is 5. The van der Waals surface area contributed by atoms with Gasteiger partial charge < -0.3 is 19.9 Å². The first kappa shape index (κ1) is 20.3. The van der Waals surface area contributed by atoms with Crippen LogP contribution in [0.4, 0.5) is 4.79 Å². The summed E-state index contributed by atoms with van der Waals surface area (Å²) < 4.78 is 5.43. The summed E-state index contributed by atoms with van der Waals surface area (Å²) in [6.45, 7) is 4.43. The van der Waals surface area contributed by atoms with Crippen molar-refractivity contribution in [2.75, 3.05) is 13.7 Å². The van der Waals surface area contributed by atoms with Gasteiger partial charge in [-0.05, 0) is 46.8 Å². The van der Waals surface area contributed by atoms with E-state index in [2.05, 4.69) is 40.9 Å². The van der Waals surface area contributed by atoms with Crippen LogP contribution in [-0.4, -0.2) is 51.5 Å². The van der Waals surface area contributed by atoms with E-state index < -0.39 is 12.1 Å². The van der Waals surface area contributed by atoms with E-state index in [0.717, 1.165) is 34.5 Å². The molecule has 0 bridgehead atoms. The molecule has 8 nitrogen and oxygen atoms in total. The van der Waals surface area contributed by atoms with Crippen molar-refractivity contribution in [3.8, 4) is 11.3 Å². The summed E-state index contributed by atoms with van der Waals surface area (Å²) in [5.74, 6) is 0.560. The van der Waals surface area contributed by atoms with E-state index >= 15 is 0 Å². The Kier molecular flexibility index (Phi) is 6.33. The van der Waals surface area contributed by atoms with Crippen LogP contribution >= 0.6 is 15.9 Å². The summed E-state index contributed by atoms with van der Waals surface area (Å²) in [4.78, 5) is 38.6. The van der Waals surface area contributed by atoms with Gasteiger partial charge in [-0.2, -0.15) is 0 Å². The Balaban J connectivity index is 1.79. The third kappa shape index (κ3) is 4.35. The molecule has 3 heterocycles. The van der Waals surface area contributed by atoms with Gasteiger partial charge in [-0.15, -0.1) is 0 Å². The van der Waals surface area contributed by atoms with E-state index in [0.29, 0.717) is 6.54 Å². The SMILES string of the molecule is COC(=O)NC(C(=O)N1CCC[C@H]1c1ncc(-c2ccc(Br)nc2)[nH]1)C(C)C. The number of methoxy groups -OCH3 is 1. The third-order valence-corrected chi connectivity index (χ3v) is 5.35. The third-order valence-electron chi connectivity index (χ3n) is 4.88. The zero-order valence-electron chi connectivity index (χ0n) is 16.1. The maximum absolute atomic E-state index is 13.1. The minimum atomic E-state index is -0.641. The van der Waals surface area contributed by atoms with E-state index in [4.69, 9.17) is 0 Å². The Morgan fingerprint density at radius 1 is 1.32 bits per heavy atom. The number of nitrogens with zero attached hydrogens (tertiary/aromatic N) is 3. The molecular formula is C19H24BrN5O3. The molecule has 2 aromatic rings. The van der Waals surface area contributed by atoms with Crippen LogP contribution in [0, 0.1) is 5.92 Å². The van der Waals surface area contributed by atoms with Crippen LogP contribution in [-0.2, 0) is 9.53 Å². The Morgan fingerprint density at radius 2 is 2.11 bits per heavy atom. The number of ether oxygens (including phenoxy) is 1. The lowest BCUT2D eigenvalue weighted by molar-refractivity contribution is -0.135. The monoisotopic (exact) mass is 449 g/mol. The Morgan fingerprint density at radius 3 is 2.75 bits per heavy atom. The molecule has 3 rings (SSSR count). The predicted octanol–water partition coefficient (Wildman–Crippen LogP) is 3.28. The second-order valence-electron chi connectivity index (χ2n) is 7.10. The van der Waals surface area contributed by atoms with Crippen molar-refractivity contribution in [1.82, 2.24) is 25.2 Å². The van der Waals surface area contributed by atoms with Crippen molar-refractivity contribution in [1.29, 1.82) is 0 Å². The number of rotatable bonds is 5. The molecule has 1 unspecified atom stereocenters. The lowest BCUT2D eigenvalue weighted by Crippen LogP contribution is -2.51. The van der Waals surface area contributed by atoms with Gasteiger partial charge in [-0.25, -0.2) is 14.8 Å². The second kappa shape index (κ2) is 8.72. The summed E-state index contributed by atoms with van der Waals surface area (Å²) in [6.07, 6.45) is 4.61. The normalized spacial score (nSPS) is 17.6. The van der Waals surface area contributed by atoms with E-state index in [1.54, 1.807) is 17.3 Å². The molecule has 1 fully saturated rings. The summed E-state index contributed by atoms with van der Waals surface area (Å²) in [5.41, 5.74) is 1.77. The summed E-state index contributed by atoms with van der Waals surface area (Å²) >= 11 is 3.33. The number of hydrogen-bond donors (Lipinski definition) is 2. The highest BCUT2D eigenvalue weighted by Crippen LogP contribution is 2.32. The van der Waals surface area contributed by atoms with Gasteiger partial charge in [0.2, 0.25) is 5.91 Å². The molecule has 2 aromatic heterocycles. The number of imidazole rings is 1. The lowest BCUT2D eigenvalue weighted by Gasteiger charge is -2.30. The smallest absolute Gasteiger partial charge is 0.407 e. The Hall–Kier alpha value is -2.42. The van der Waals surface area contributed by atoms with Gasteiger partial charge in [-0.3, -0.25) is 4.79 Å². The predicted molar refractivity (Wildman–Crippen MR) is 107 cm³/mol. The second-order valence-corrected chi connectivity index (χ2v) is 7.91. The number of aromatic nitrogens is 3. The lowest BCUT2D eigenvalue weighted by atomic mass is 10.0. The minimum absolute atomic E-state index is 0.0612. The highest BCUT2D eigenvalue weighted by molar-refractivity contribution is 9.10. The Bertz CT molecular complexity index is 836. The zero-order valence-corrected chi connectivity index (χ0v) is 17.7. The number of alkyl carbamates (subject to hydrolysis) is 1. The molecule has 150 valence electrons. The summed E-state index contributed by atoms with van der Waals surface area (Å²) in [6, 6.07) is 3.03. The first-order valence-electron chi connectivity index (χ1n) is 9.22. The molecule has 2 amide bonds. The van der Waals surface area contributed by atoms with Gasteiger partial charge in [0.15, 0.2) is 0 Å². The standard InChI is InChI=1S/C19H24BrN5O3/c1-11(2)16(24-19(27)28-3)18(26)25-8-4-5-14(25)17-22-10-13(23-17)12-6-7-15(20)21-9-12/h6-7,9-11,14,16H,4-5,8H2,1-3H3,(H,22,23)(H,24,27)/t14-,16?/m0/s1. The van der Waals surface area contributed by atoms with Crippen molar-refractivity contribution < 1.29 is 14.3 Å². The van der Waals surface area contributed by atoms with Crippen molar-refractivity contribution in [3.05, 3.63) is 35.0 Å². The number of halogens is 1. The van der Waals surface area contributed by atoms with Gasteiger partial charge in [-0.1, -0.05) is 13.8 Å². The zero-order chi connectivity index (χ0) is 20.3. The molecule has 9 heteroatoms. The molecular weight excluding hydrogens is 426 g/mol. The van der Waals surface area contributed by atoms with Crippen LogP contribution in [0.25, 0.3) is 11.3 Å². The van der Waals surface area contributed by atoms with Crippen LogP contribution in [0.2, 0.25) is 0 Å². The maximum Gasteiger partial charge on any atom is 0.407 e. The molecule has 1 aliphatic rings. The number of nitrogens with one attached hydrogen (secondary N) is 2. The van der Waals surface area contributed by atoms with Crippen LogP contribution < -0.4 is 5.32 Å². The molecule has 2 N–H and O–H groups in total. The van der Waals surface area contributed by atoms with Crippen LogP contribution in [0.5, 0.6) is 0 Å². The molecule has 2 atom stereocenters. The van der Waals surface area contributed by atoms with Gasteiger partial charge in [0.05, 0.1) is 25.0 Å². The summed E-state index contributed by atoms with van der Waals surface area (Å²) in [7, 11) is 1.29. The maximum atomic E-state index is 13.1. The summed E-state index contributed by atoms with van der Waals surface area (Å²) in [5, 5.41) is 2.66. The number of amides is 2. The fraction of sp³-hybridized carbons (Fsp3) is 0.474. The quantitative estimate of drug-likeness (QED) is 0.682. The van der Waals surface area contributed by atoms with Gasteiger partial charge >= 0.3 is 6.09 Å². The van der Waals surface area contributed by atoms with Gasteiger partial charge in [0, 0.05) is 18.3 Å². The molecule has 0 aliphatic carbocycles. The van der Waals surface area contributed by atoms with Gasteiger partial charge in [0.1, 0.15) is 16.5 Å². The first-order valence-corrected chi connectivity index (χ1v) is 10.0. The average molecular weight is 450 g/mol. The van der Waals surface area contributed by atoms with Crippen LogP contribution in [0.3, 0.4) is 0 Å². The largest absolute Gasteiger partial charge is 0.453 e. The number of pyridine rings is 1. The highest BCUT2D eigenvalue weighted by Gasteiger charge is 2.37. The molecule has 0 saturated carbocycles. The fourth-order valence-electron chi connectivity index (χ4n) is 3.38. The molecule has 1 aliphatic heterocycles. The molecule has 0 aromatic carbocycles. The van der Waals surface area contributed by atoms with E-state index in [1.807, 2.05) is 26.0 Å². The van der Waals surface area contributed by atoms with Crippen molar-refractivity contribution in [2.45, 2.75) is 38.8 Å². The van der Waals surface area contributed by atoms with Crippen LogP contribution in [0.15, 0.2) is 29.1 Å². The fourth-order valence-corrected chi connectivity index (χ4v) is 3.62. The van der Waals surface area contributed by atoms with E-state index in [-0.39, 0.29) is 17.9 Å². The average Bonchev–Trinajstić information content (AvgIpc) is 3.34. The van der Waals surface area contributed by atoms with E-state index in [9.17, 15) is 9.59 Å². The number of H-pyrrole nitrogens is 1. The van der Waals surface area contributed by atoms with Crippen LogP contribution in [0.1, 0.15) is 38.6 Å². The first-order chi connectivity index (χ1) is 13.4. The number of likely N-dealkylation sites (tertiary alicyclic amines) is 1. The van der Waals surface area contributed by atoms with Crippen molar-refractivity contribution in [3.63, 3.8) is 0 Å².